The molecule has 0 radical (unpaired) electrons. The summed E-state index contributed by atoms with van der Waals surface area (Å²) < 4.78 is 16.2. The Labute approximate surface area is 115 Å². The Hall–Kier alpha value is -2.51. The molecule has 0 aromatic carbocycles. The summed E-state index contributed by atoms with van der Waals surface area (Å²) in [5, 5.41) is 11.7. The minimum absolute atomic E-state index is 0.244. The largest absolute Gasteiger partial charge is 0.289 e. The fraction of sp³-hybridized carbons (Fsp3) is 0.333. The lowest BCUT2D eigenvalue weighted by molar-refractivity contribution is 0.0945. The van der Waals surface area contributed by atoms with Crippen molar-refractivity contribution < 1.29 is 9.18 Å². The lowest BCUT2D eigenvalue weighted by Gasteiger charge is -1.99. The Balaban J connectivity index is 2.10. The summed E-state index contributed by atoms with van der Waals surface area (Å²) in [4.78, 5) is 11.8. The minimum Gasteiger partial charge on any atom is -0.266 e. The molecule has 0 saturated carbocycles. The highest BCUT2D eigenvalue weighted by molar-refractivity contribution is 5.93. The normalized spacial score (nSPS) is 11.2. The molecule has 0 aliphatic rings. The molecule has 2 rings (SSSR count). The van der Waals surface area contributed by atoms with E-state index in [-0.39, 0.29) is 5.56 Å². The lowest BCUT2D eigenvalue weighted by atomic mass is 10.3. The van der Waals surface area contributed by atoms with Crippen molar-refractivity contribution in [1.82, 2.24) is 25.0 Å². The molecule has 1 N–H and O–H groups in total. The average Bonchev–Trinajstić information content (AvgIpc) is 2.82. The molecule has 20 heavy (non-hydrogen) atoms. The van der Waals surface area contributed by atoms with Crippen LogP contribution in [0.15, 0.2) is 11.2 Å². The van der Waals surface area contributed by atoms with E-state index in [2.05, 4.69) is 20.7 Å². The maximum Gasteiger partial charge on any atom is 0.289 e. The number of nitrogens with one attached hydrogen (secondary N) is 1. The van der Waals surface area contributed by atoms with Crippen LogP contribution in [0.3, 0.4) is 0 Å². The fourth-order valence-corrected chi connectivity index (χ4v) is 1.83. The maximum absolute atomic E-state index is 13.6. The Morgan fingerprint density at radius 2 is 2.05 bits per heavy atom. The number of aryl methyl sites for hydroxylation is 4. The molecule has 2 heterocycles. The van der Waals surface area contributed by atoms with E-state index in [4.69, 9.17) is 0 Å². The number of amides is 1. The quantitative estimate of drug-likeness (QED) is 0.662. The highest BCUT2D eigenvalue weighted by atomic mass is 19.1. The van der Waals surface area contributed by atoms with Crippen molar-refractivity contribution >= 4 is 12.1 Å². The maximum atomic E-state index is 13.6. The zero-order valence-electron chi connectivity index (χ0n) is 11.7. The number of carbonyl (C=O) groups excluding carboxylic acids is 1. The molecule has 0 aliphatic carbocycles. The Bertz CT molecular complexity index is 684. The lowest BCUT2D eigenvalue weighted by Crippen LogP contribution is -2.20. The number of hydrogen-bond acceptors (Lipinski definition) is 4. The second-order valence-corrected chi connectivity index (χ2v) is 4.41. The van der Waals surface area contributed by atoms with Crippen LogP contribution in [0.5, 0.6) is 0 Å². The summed E-state index contributed by atoms with van der Waals surface area (Å²) in [6.07, 6.45) is 1.23. The van der Waals surface area contributed by atoms with Crippen molar-refractivity contribution in [3.63, 3.8) is 0 Å². The molecule has 0 unspecified atom stereocenters. The molecule has 0 saturated heterocycles. The van der Waals surface area contributed by atoms with Gasteiger partial charge >= 0.3 is 0 Å². The van der Waals surface area contributed by atoms with Gasteiger partial charge in [0.05, 0.1) is 23.2 Å². The third-order valence-electron chi connectivity index (χ3n) is 2.79. The van der Waals surface area contributed by atoms with Gasteiger partial charge in [-0.2, -0.15) is 19.7 Å². The van der Waals surface area contributed by atoms with Gasteiger partial charge < -0.3 is 0 Å². The number of hydrazone groups is 1. The van der Waals surface area contributed by atoms with Crippen molar-refractivity contribution in [3.05, 3.63) is 34.7 Å². The zero-order valence-corrected chi connectivity index (χ0v) is 11.7. The van der Waals surface area contributed by atoms with E-state index in [1.807, 2.05) is 0 Å². The van der Waals surface area contributed by atoms with Crippen LogP contribution in [0.25, 0.3) is 0 Å². The Kier molecular flexibility index (Phi) is 3.64. The summed E-state index contributed by atoms with van der Waals surface area (Å²) in [6, 6.07) is 1.64. The first-order valence-corrected chi connectivity index (χ1v) is 5.93. The Morgan fingerprint density at radius 3 is 2.55 bits per heavy atom. The summed E-state index contributed by atoms with van der Waals surface area (Å²) in [5.74, 6) is -0.914. The molecule has 0 atom stereocenters. The van der Waals surface area contributed by atoms with Gasteiger partial charge in [-0.05, 0) is 19.9 Å². The molecular formula is C12H15FN6O. The van der Waals surface area contributed by atoms with Crippen molar-refractivity contribution in [1.29, 1.82) is 0 Å². The van der Waals surface area contributed by atoms with Gasteiger partial charge in [-0.1, -0.05) is 0 Å². The third-order valence-corrected chi connectivity index (χ3v) is 2.79. The number of carbonyl (C=O) groups is 1. The minimum atomic E-state index is -0.503. The zero-order chi connectivity index (χ0) is 14.9. The number of rotatable bonds is 3. The van der Waals surface area contributed by atoms with Crippen molar-refractivity contribution in [3.8, 4) is 0 Å². The fourth-order valence-electron chi connectivity index (χ4n) is 1.83. The topological polar surface area (TPSA) is 77.1 Å². The SMILES string of the molecule is Cc1cc(C(=O)N/N=C\c2c(C)nn(C)c2F)n(C)n1. The molecule has 0 fully saturated rings. The predicted octanol–water partition coefficient (Wildman–Crippen LogP) is 0.673. The smallest absolute Gasteiger partial charge is 0.266 e. The molecule has 0 spiro atoms. The number of nitrogens with zero attached hydrogens (tertiary/aromatic N) is 5. The number of aromatic nitrogens is 4. The van der Waals surface area contributed by atoms with Crippen LogP contribution >= 0.6 is 0 Å². The predicted molar refractivity (Wildman–Crippen MR) is 70.9 cm³/mol. The first-order chi connectivity index (χ1) is 9.40. The molecule has 1 amide bonds. The van der Waals surface area contributed by atoms with Gasteiger partial charge in [0, 0.05) is 14.1 Å². The van der Waals surface area contributed by atoms with E-state index < -0.39 is 11.9 Å². The van der Waals surface area contributed by atoms with Crippen LogP contribution in [0.4, 0.5) is 4.39 Å². The summed E-state index contributed by atoms with van der Waals surface area (Å²) >= 11 is 0. The van der Waals surface area contributed by atoms with Crippen molar-refractivity contribution in [2.75, 3.05) is 0 Å². The van der Waals surface area contributed by atoms with Crippen LogP contribution in [-0.4, -0.2) is 31.7 Å². The van der Waals surface area contributed by atoms with Crippen LogP contribution in [0.2, 0.25) is 0 Å². The Morgan fingerprint density at radius 1 is 1.35 bits per heavy atom. The molecule has 8 heteroatoms. The number of hydrogen-bond donors (Lipinski definition) is 1. The van der Waals surface area contributed by atoms with E-state index in [1.54, 1.807) is 27.0 Å². The van der Waals surface area contributed by atoms with Crippen molar-refractivity contribution in [2.24, 2.45) is 19.2 Å². The molecule has 2 aromatic rings. The highest BCUT2D eigenvalue weighted by Crippen LogP contribution is 2.08. The monoisotopic (exact) mass is 278 g/mol. The van der Waals surface area contributed by atoms with Gasteiger partial charge in [-0.3, -0.25) is 9.48 Å². The second kappa shape index (κ2) is 5.24. The van der Waals surface area contributed by atoms with Crippen molar-refractivity contribution in [2.45, 2.75) is 13.8 Å². The standard InChI is InChI=1S/C12H15FN6O/c1-7-5-10(18(3)16-7)12(20)15-14-6-9-8(2)17-19(4)11(9)13/h5-6H,1-4H3,(H,15,20)/b14-6-. The van der Waals surface area contributed by atoms with Crippen LogP contribution in [0, 0.1) is 19.8 Å². The van der Waals surface area contributed by atoms with E-state index >= 15 is 0 Å². The molecule has 2 aromatic heterocycles. The van der Waals surface area contributed by atoms with Crippen LogP contribution in [0.1, 0.15) is 27.4 Å². The van der Waals surface area contributed by atoms with Gasteiger partial charge in [0.1, 0.15) is 5.69 Å². The van der Waals surface area contributed by atoms with E-state index in [1.165, 1.54) is 17.9 Å². The molecule has 7 nitrogen and oxygen atoms in total. The molecule has 106 valence electrons. The van der Waals surface area contributed by atoms with Gasteiger partial charge in [-0.25, -0.2) is 10.1 Å². The van der Waals surface area contributed by atoms with E-state index in [0.29, 0.717) is 11.4 Å². The molecular weight excluding hydrogens is 263 g/mol. The van der Waals surface area contributed by atoms with Gasteiger partial charge in [0.15, 0.2) is 0 Å². The van der Waals surface area contributed by atoms with E-state index in [0.717, 1.165) is 10.4 Å². The van der Waals surface area contributed by atoms with Gasteiger partial charge in [0.2, 0.25) is 5.95 Å². The van der Waals surface area contributed by atoms with Crippen LogP contribution < -0.4 is 5.43 Å². The summed E-state index contributed by atoms with van der Waals surface area (Å²) in [6.45, 7) is 3.45. The number of halogens is 1. The molecule has 0 bridgehead atoms. The van der Waals surface area contributed by atoms with Crippen LogP contribution in [-0.2, 0) is 14.1 Å². The third kappa shape index (κ3) is 2.58. The second-order valence-electron chi connectivity index (χ2n) is 4.41. The van der Waals surface area contributed by atoms with E-state index in [9.17, 15) is 9.18 Å². The summed E-state index contributed by atoms with van der Waals surface area (Å²) in [7, 11) is 3.16. The first-order valence-electron chi connectivity index (χ1n) is 5.93. The molecule has 0 aliphatic heterocycles. The van der Waals surface area contributed by atoms with Gasteiger partial charge in [-0.15, -0.1) is 0 Å². The average molecular weight is 278 g/mol. The summed E-state index contributed by atoms with van der Waals surface area (Å²) in [5.41, 5.74) is 4.19. The van der Waals surface area contributed by atoms with Gasteiger partial charge in [0.25, 0.3) is 5.91 Å². The first kappa shape index (κ1) is 13.9. The highest BCUT2D eigenvalue weighted by Gasteiger charge is 2.12.